The average molecular weight is 345 g/mol. The predicted molar refractivity (Wildman–Crippen MR) is 82.4 cm³/mol. The summed E-state index contributed by atoms with van der Waals surface area (Å²) in [7, 11) is 0. The van der Waals surface area contributed by atoms with Crippen molar-refractivity contribution in [3.8, 4) is 5.75 Å². The maximum absolute atomic E-state index is 13.3. The molecule has 0 aliphatic heterocycles. The lowest BCUT2D eigenvalue weighted by Crippen LogP contribution is -2.12. The van der Waals surface area contributed by atoms with Crippen LogP contribution in [0.25, 0.3) is 0 Å². The summed E-state index contributed by atoms with van der Waals surface area (Å²) in [6, 6.07) is 6.28. The van der Waals surface area contributed by atoms with Gasteiger partial charge in [-0.2, -0.15) is 0 Å². The molecule has 0 unspecified atom stereocenters. The van der Waals surface area contributed by atoms with Crippen LogP contribution in [0.2, 0.25) is 0 Å². The fourth-order valence-corrected chi connectivity index (χ4v) is 3.94. The Morgan fingerprint density at radius 3 is 2.71 bits per heavy atom. The average Bonchev–Trinajstić information content (AvgIpc) is 2.91. The molecular weight excluding hydrogens is 333 g/mol. The van der Waals surface area contributed by atoms with E-state index in [0.717, 1.165) is 4.34 Å². The number of ether oxygens (including phenoxy) is 1. The molecule has 2 rings (SSSR count). The highest BCUT2D eigenvalue weighted by molar-refractivity contribution is 8.03. The zero-order chi connectivity index (χ0) is 15.1. The maximum Gasteiger partial charge on any atom is 0.227 e. The van der Waals surface area contributed by atoms with Crippen molar-refractivity contribution >= 4 is 40.8 Å². The highest BCUT2D eigenvalue weighted by Crippen LogP contribution is 2.28. The molecule has 5 nitrogen and oxygen atoms in total. The fourth-order valence-electron chi connectivity index (χ4n) is 1.29. The molecule has 2 N–H and O–H groups in total. The van der Waals surface area contributed by atoms with Crippen molar-refractivity contribution in [3.05, 3.63) is 30.1 Å². The molecule has 0 fully saturated rings. The van der Waals surface area contributed by atoms with Gasteiger partial charge < -0.3 is 10.5 Å². The summed E-state index contributed by atoms with van der Waals surface area (Å²) in [5.74, 6) is 0.304. The molecular formula is C12H12FN3O2S3. The van der Waals surface area contributed by atoms with Crippen LogP contribution in [0.1, 0.15) is 0 Å². The monoisotopic (exact) mass is 345 g/mol. The second-order valence-electron chi connectivity index (χ2n) is 3.72. The minimum absolute atomic E-state index is 0.190. The molecule has 1 aromatic heterocycles. The lowest BCUT2D eigenvalue weighted by atomic mass is 10.3. The van der Waals surface area contributed by atoms with E-state index in [-0.39, 0.29) is 23.2 Å². The van der Waals surface area contributed by atoms with Crippen LogP contribution >= 0.6 is 34.9 Å². The predicted octanol–water partition coefficient (Wildman–Crippen LogP) is 2.43. The Kier molecular flexibility index (Phi) is 6.27. The van der Waals surface area contributed by atoms with Crippen molar-refractivity contribution in [1.82, 2.24) is 10.2 Å². The van der Waals surface area contributed by atoms with Crippen LogP contribution in [0, 0.1) is 5.82 Å². The van der Waals surface area contributed by atoms with E-state index in [4.69, 9.17) is 10.5 Å². The van der Waals surface area contributed by atoms with E-state index >= 15 is 0 Å². The minimum Gasteiger partial charge on any atom is -0.490 e. The van der Waals surface area contributed by atoms with E-state index in [0.29, 0.717) is 16.7 Å². The molecule has 9 heteroatoms. The Labute approximate surface area is 133 Å². The van der Waals surface area contributed by atoms with E-state index in [1.54, 1.807) is 18.2 Å². The molecule has 0 spiro atoms. The number of nitrogens with zero attached hydrogens (tertiary/aromatic N) is 2. The minimum atomic E-state index is -0.386. The molecule has 112 valence electrons. The van der Waals surface area contributed by atoms with Crippen molar-refractivity contribution in [2.75, 3.05) is 18.1 Å². The Morgan fingerprint density at radius 2 is 2.00 bits per heavy atom. The number of hydrogen-bond acceptors (Lipinski definition) is 7. The van der Waals surface area contributed by atoms with Crippen LogP contribution in [-0.2, 0) is 4.79 Å². The second kappa shape index (κ2) is 8.20. The van der Waals surface area contributed by atoms with Crippen molar-refractivity contribution in [2.45, 2.75) is 8.68 Å². The first-order chi connectivity index (χ1) is 10.1. The van der Waals surface area contributed by atoms with Crippen molar-refractivity contribution in [1.29, 1.82) is 0 Å². The molecule has 0 radical (unpaired) electrons. The molecule has 2 aromatic rings. The Hall–Kier alpha value is -1.32. The van der Waals surface area contributed by atoms with E-state index < -0.39 is 0 Å². The van der Waals surface area contributed by atoms with Gasteiger partial charge in [0.2, 0.25) is 5.91 Å². The van der Waals surface area contributed by atoms with E-state index in [1.807, 2.05) is 0 Å². The normalized spacial score (nSPS) is 10.5. The number of para-hydroxylation sites is 1. The third-order valence-electron chi connectivity index (χ3n) is 2.13. The van der Waals surface area contributed by atoms with E-state index in [9.17, 15) is 9.18 Å². The van der Waals surface area contributed by atoms with Gasteiger partial charge in [0.05, 0.1) is 12.4 Å². The zero-order valence-electron chi connectivity index (χ0n) is 10.8. The molecule has 0 saturated heterocycles. The van der Waals surface area contributed by atoms with Crippen molar-refractivity contribution < 1.29 is 13.9 Å². The van der Waals surface area contributed by atoms with Crippen LogP contribution in [0.3, 0.4) is 0 Å². The van der Waals surface area contributed by atoms with Crippen LogP contribution in [-0.4, -0.2) is 34.2 Å². The number of aromatic nitrogens is 2. The topological polar surface area (TPSA) is 78.1 Å². The molecule has 0 atom stereocenters. The molecule has 21 heavy (non-hydrogen) atoms. The van der Waals surface area contributed by atoms with Crippen LogP contribution in [0.4, 0.5) is 4.39 Å². The zero-order valence-corrected chi connectivity index (χ0v) is 13.3. The first-order valence-electron chi connectivity index (χ1n) is 5.90. The van der Waals surface area contributed by atoms with Gasteiger partial charge in [-0.3, -0.25) is 4.79 Å². The van der Waals surface area contributed by atoms with Gasteiger partial charge in [0, 0.05) is 5.75 Å². The molecule has 0 aliphatic rings. The number of thioether (sulfide) groups is 2. The molecule has 0 aliphatic carbocycles. The van der Waals surface area contributed by atoms with Gasteiger partial charge in [-0.25, -0.2) is 4.39 Å². The number of carbonyl (C=O) groups excluding carboxylic acids is 1. The van der Waals surface area contributed by atoms with Crippen LogP contribution in [0.15, 0.2) is 32.9 Å². The summed E-state index contributed by atoms with van der Waals surface area (Å²) in [5, 5.41) is 7.93. The Bertz CT molecular complexity index is 609. The first kappa shape index (κ1) is 16.1. The van der Waals surface area contributed by atoms with Crippen LogP contribution in [0.5, 0.6) is 5.75 Å². The van der Waals surface area contributed by atoms with Gasteiger partial charge in [0.1, 0.15) is 0 Å². The lowest BCUT2D eigenvalue weighted by Gasteiger charge is -2.05. The number of rotatable bonds is 8. The summed E-state index contributed by atoms with van der Waals surface area (Å²) in [4.78, 5) is 10.7. The number of halogens is 1. The Morgan fingerprint density at radius 1 is 1.29 bits per heavy atom. The van der Waals surface area contributed by atoms with E-state index in [2.05, 4.69) is 10.2 Å². The molecule has 0 bridgehead atoms. The molecule has 1 heterocycles. The third-order valence-corrected chi connectivity index (χ3v) is 5.31. The maximum atomic E-state index is 13.3. The SMILES string of the molecule is NC(=O)CSc1nnc(SCCOc2ccccc2F)s1. The number of hydrogen-bond donors (Lipinski definition) is 1. The molecule has 0 saturated carbocycles. The molecule has 1 aromatic carbocycles. The smallest absolute Gasteiger partial charge is 0.227 e. The second-order valence-corrected chi connectivity index (χ2v) is 7.26. The van der Waals surface area contributed by atoms with Gasteiger partial charge in [0.25, 0.3) is 0 Å². The Balaban J connectivity index is 1.71. The molecule has 1 amide bonds. The van der Waals surface area contributed by atoms with Crippen molar-refractivity contribution in [3.63, 3.8) is 0 Å². The summed E-state index contributed by atoms with van der Waals surface area (Å²) in [6.45, 7) is 0.370. The largest absolute Gasteiger partial charge is 0.490 e. The lowest BCUT2D eigenvalue weighted by molar-refractivity contribution is -0.115. The van der Waals surface area contributed by atoms with Gasteiger partial charge in [-0.05, 0) is 12.1 Å². The summed E-state index contributed by atoms with van der Waals surface area (Å²) >= 11 is 4.12. The number of benzene rings is 1. The first-order valence-corrected chi connectivity index (χ1v) is 8.68. The number of amides is 1. The van der Waals surface area contributed by atoms with Gasteiger partial charge in [-0.15, -0.1) is 10.2 Å². The summed E-state index contributed by atoms with van der Waals surface area (Å²) in [5.41, 5.74) is 5.06. The van der Waals surface area contributed by atoms with Crippen molar-refractivity contribution in [2.24, 2.45) is 5.73 Å². The van der Waals surface area contributed by atoms with E-state index in [1.165, 1.54) is 40.9 Å². The third kappa shape index (κ3) is 5.52. The fraction of sp³-hybridized carbons (Fsp3) is 0.250. The number of nitrogens with two attached hydrogens (primary N) is 1. The highest BCUT2D eigenvalue weighted by Gasteiger charge is 2.07. The highest BCUT2D eigenvalue weighted by atomic mass is 32.2. The summed E-state index contributed by atoms with van der Waals surface area (Å²) in [6.07, 6.45) is 0. The van der Waals surface area contributed by atoms with Crippen LogP contribution < -0.4 is 10.5 Å². The van der Waals surface area contributed by atoms with Gasteiger partial charge in [0.15, 0.2) is 20.2 Å². The van der Waals surface area contributed by atoms with Gasteiger partial charge in [-0.1, -0.05) is 47.0 Å². The van der Waals surface area contributed by atoms with Gasteiger partial charge >= 0.3 is 0 Å². The quantitative estimate of drug-likeness (QED) is 0.585. The summed E-state index contributed by atoms with van der Waals surface area (Å²) < 4.78 is 20.1. The number of carbonyl (C=O) groups is 1. The standard InChI is InChI=1S/C12H12FN3O2S3/c13-8-3-1-2-4-9(8)18-5-6-19-11-15-16-12(21-11)20-7-10(14)17/h1-4H,5-7H2,(H2,14,17). The number of primary amides is 1.